The summed E-state index contributed by atoms with van der Waals surface area (Å²) >= 11 is 1.25. The average molecular weight is 311 g/mol. The lowest BCUT2D eigenvalue weighted by atomic mass is 10.1. The van der Waals surface area contributed by atoms with E-state index in [-0.39, 0.29) is 4.90 Å². The molecule has 0 atom stereocenters. The van der Waals surface area contributed by atoms with Crippen LogP contribution in [0.15, 0.2) is 34.7 Å². The van der Waals surface area contributed by atoms with Crippen molar-refractivity contribution in [2.45, 2.75) is 24.8 Å². The number of thiazole rings is 1. The predicted molar refractivity (Wildman–Crippen MR) is 81.5 cm³/mol. The van der Waals surface area contributed by atoms with Gasteiger partial charge in [-0.3, -0.25) is 4.72 Å². The van der Waals surface area contributed by atoms with E-state index in [1.807, 2.05) is 13.1 Å². The maximum atomic E-state index is 12.3. The lowest BCUT2D eigenvalue weighted by Crippen LogP contribution is -2.14. The first kappa shape index (κ1) is 15.0. The second kappa shape index (κ2) is 6.34. The summed E-state index contributed by atoms with van der Waals surface area (Å²) in [6.07, 6.45) is 2.44. The molecule has 0 spiro atoms. The molecule has 0 radical (unpaired) electrons. The van der Waals surface area contributed by atoms with Crippen molar-refractivity contribution in [2.75, 3.05) is 11.8 Å². The quantitative estimate of drug-likeness (QED) is 0.858. The van der Waals surface area contributed by atoms with Crippen molar-refractivity contribution in [1.29, 1.82) is 0 Å². The first-order valence-electron chi connectivity index (χ1n) is 6.25. The zero-order valence-electron chi connectivity index (χ0n) is 11.4. The zero-order valence-corrected chi connectivity index (χ0v) is 13.0. The smallest absolute Gasteiger partial charge is 0.263 e. The fourth-order valence-corrected chi connectivity index (χ4v) is 3.76. The summed E-state index contributed by atoms with van der Waals surface area (Å²) in [7, 11) is -1.74. The standard InChI is InChI=1S/C13H17N3O2S2/c1-3-10-4-5-12(8-11(10)9-14-2)20(17,18)16-13-15-6-7-19-13/h4-8,14H,3,9H2,1-2H3,(H,15,16). The van der Waals surface area contributed by atoms with Gasteiger partial charge < -0.3 is 5.32 Å². The van der Waals surface area contributed by atoms with E-state index in [9.17, 15) is 8.42 Å². The van der Waals surface area contributed by atoms with E-state index in [1.165, 1.54) is 11.3 Å². The molecular formula is C13H17N3O2S2. The van der Waals surface area contributed by atoms with Crippen LogP contribution in [0.5, 0.6) is 0 Å². The molecule has 1 aromatic heterocycles. The van der Waals surface area contributed by atoms with Crippen LogP contribution in [-0.2, 0) is 23.0 Å². The molecule has 0 fully saturated rings. The minimum absolute atomic E-state index is 0.259. The van der Waals surface area contributed by atoms with Crippen LogP contribution in [0.25, 0.3) is 0 Å². The number of hydrogen-bond acceptors (Lipinski definition) is 5. The largest absolute Gasteiger partial charge is 0.316 e. The van der Waals surface area contributed by atoms with Crippen LogP contribution in [-0.4, -0.2) is 20.4 Å². The lowest BCUT2D eigenvalue weighted by Gasteiger charge is -2.11. The van der Waals surface area contributed by atoms with Gasteiger partial charge in [-0.1, -0.05) is 13.0 Å². The zero-order chi connectivity index (χ0) is 14.6. The van der Waals surface area contributed by atoms with Crippen LogP contribution < -0.4 is 10.0 Å². The fourth-order valence-electron chi connectivity index (χ4n) is 1.92. The molecule has 2 rings (SSSR count). The molecule has 2 aromatic rings. The molecular weight excluding hydrogens is 294 g/mol. The third-order valence-electron chi connectivity index (χ3n) is 2.89. The number of nitrogens with zero attached hydrogens (tertiary/aromatic N) is 1. The highest BCUT2D eigenvalue weighted by Crippen LogP contribution is 2.21. The Hall–Kier alpha value is -1.44. The van der Waals surface area contributed by atoms with Gasteiger partial charge >= 0.3 is 0 Å². The van der Waals surface area contributed by atoms with Crippen LogP contribution in [0.2, 0.25) is 0 Å². The Bertz CT molecular complexity index is 667. The van der Waals surface area contributed by atoms with E-state index >= 15 is 0 Å². The highest BCUT2D eigenvalue weighted by Gasteiger charge is 2.16. The number of hydrogen-bond donors (Lipinski definition) is 2. The van der Waals surface area contributed by atoms with E-state index in [0.717, 1.165) is 17.5 Å². The first-order valence-corrected chi connectivity index (χ1v) is 8.62. The van der Waals surface area contributed by atoms with E-state index in [0.29, 0.717) is 11.7 Å². The predicted octanol–water partition coefficient (Wildman–Crippen LogP) is 2.23. The van der Waals surface area contributed by atoms with Crippen molar-refractivity contribution in [3.05, 3.63) is 40.9 Å². The van der Waals surface area contributed by atoms with Gasteiger partial charge in [0.2, 0.25) is 0 Å². The lowest BCUT2D eigenvalue weighted by molar-refractivity contribution is 0.601. The third kappa shape index (κ3) is 3.36. The average Bonchev–Trinajstić information content (AvgIpc) is 2.91. The topological polar surface area (TPSA) is 71.1 Å². The summed E-state index contributed by atoms with van der Waals surface area (Å²) in [5.41, 5.74) is 2.14. The summed E-state index contributed by atoms with van der Waals surface area (Å²) in [5.74, 6) is 0. The Morgan fingerprint density at radius 1 is 1.30 bits per heavy atom. The second-order valence-corrected chi connectivity index (χ2v) is 6.83. The van der Waals surface area contributed by atoms with Gasteiger partial charge in [-0.2, -0.15) is 0 Å². The molecule has 1 heterocycles. The molecule has 7 heteroatoms. The van der Waals surface area contributed by atoms with Gasteiger partial charge in [0.15, 0.2) is 5.13 Å². The summed E-state index contributed by atoms with van der Waals surface area (Å²) in [6, 6.07) is 5.21. The van der Waals surface area contributed by atoms with Crippen molar-refractivity contribution in [3.8, 4) is 0 Å². The number of benzene rings is 1. The maximum Gasteiger partial charge on any atom is 0.263 e. The summed E-state index contributed by atoms with van der Waals surface area (Å²) < 4.78 is 27.1. The van der Waals surface area contributed by atoms with E-state index in [1.54, 1.807) is 23.7 Å². The van der Waals surface area contributed by atoms with Crippen LogP contribution in [0.4, 0.5) is 5.13 Å². The molecule has 20 heavy (non-hydrogen) atoms. The molecule has 0 bridgehead atoms. The van der Waals surface area contributed by atoms with Crippen LogP contribution in [0.1, 0.15) is 18.1 Å². The SMILES string of the molecule is CCc1ccc(S(=O)(=O)Nc2nccs2)cc1CNC. The Balaban J connectivity index is 2.34. The first-order chi connectivity index (χ1) is 9.56. The van der Waals surface area contributed by atoms with E-state index in [2.05, 4.69) is 21.9 Å². The van der Waals surface area contributed by atoms with Crippen molar-refractivity contribution in [3.63, 3.8) is 0 Å². The normalized spacial score (nSPS) is 11.5. The molecule has 1 aromatic carbocycles. The van der Waals surface area contributed by atoms with Crippen molar-refractivity contribution < 1.29 is 8.42 Å². The van der Waals surface area contributed by atoms with Crippen LogP contribution in [0.3, 0.4) is 0 Å². The molecule has 2 N–H and O–H groups in total. The molecule has 108 valence electrons. The highest BCUT2D eigenvalue weighted by molar-refractivity contribution is 7.93. The van der Waals surface area contributed by atoms with Crippen molar-refractivity contribution in [1.82, 2.24) is 10.3 Å². The number of rotatable bonds is 6. The van der Waals surface area contributed by atoms with Crippen molar-refractivity contribution >= 4 is 26.5 Å². The van der Waals surface area contributed by atoms with Gasteiger partial charge in [-0.25, -0.2) is 13.4 Å². The minimum Gasteiger partial charge on any atom is -0.316 e. The van der Waals surface area contributed by atoms with E-state index in [4.69, 9.17) is 0 Å². The Labute approximate surface area is 123 Å². The number of sulfonamides is 1. The highest BCUT2D eigenvalue weighted by atomic mass is 32.2. The van der Waals surface area contributed by atoms with Gasteiger partial charge in [0.05, 0.1) is 4.90 Å². The van der Waals surface area contributed by atoms with Gasteiger partial charge in [0.1, 0.15) is 0 Å². The van der Waals surface area contributed by atoms with Crippen molar-refractivity contribution in [2.24, 2.45) is 0 Å². The number of anilines is 1. The molecule has 0 aliphatic carbocycles. The molecule has 0 saturated carbocycles. The van der Waals surface area contributed by atoms with Gasteiger partial charge in [-0.15, -0.1) is 11.3 Å². The summed E-state index contributed by atoms with van der Waals surface area (Å²) in [5, 5.41) is 5.16. The van der Waals surface area contributed by atoms with Crippen LogP contribution >= 0.6 is 11.3 Å². The third-order valence-corrected chi connectivity index (χ3v) is 5.04. The molecule has 0 amide bonds. The van der Waals surface area contributed by atoms with Gasteiger partial charge in [0.25, 0.3) is 10.0 Å². The molecule has 5 nitrogen and oxygen atoms in total. The number of aryl methyl sites for hydroxylation is 1. The minimum atomic E-state index is -3.58. The van der Waals surface area contributed by atoms with Crippen LogP contribution in [0, 0.1) is 0 Å². The second-order valence-electron chi connectivity index (χ2n) is 4.26. The Morgan fingerprint density at radius 2 is 2.10 bits per heavy atom. The maximum absolute atomic E-state index is 12.3. The molecule has 0 aliphatic heterocycles. The number of aromatic nitrogens is 1. The monoisotopic (exact) mass is 311 g/mol. The Morgan fingerprint density at radius 3 is 2.70 bits per heavy atom. The Kier molecular flexibility index (Phi) is 4.74. The fraction of sp³-hybridized carbons (Fsp3) is 0.308. The molecule has 0 saturated heterocycles. The van der Waals surface area contributed by atoms with Gasteiger partial charge in [-0.05, 0) is 36.7 Å². The van der Waals surface area contributed by atoms with E-state index < -0.39 is 10.0 Å². The molecule has 0 aliphatic rings. The summed E-state index contributed by atoms with van der Waals surface area (Å²) in [4.78, 5) is 4.19. The summed E-state index contributed by atoms with van der Waals surface area (Å²) in [6.45, 7) is 2.69. The van der Waals surface area contributed by atoms with Gasteiger partial charge in [0, 0.05) is 18.1 Å². The molecule has 0 unspecified atom stereocenters. The number of nitrogens with one attached hydrogen (secondary N) is 2.